The topological polar surface area (TPSA) is 53.1 Å². The van der Waals surface area contributed by atoms with Gasteiger partial charge in [-0.25, -0.2) is 0 Å². The number of ether oxygens (including phenoxy) is 1. The van der Waals surface area contributed by atoms with Crippen molar-refractivity contribution in [2.24, 2.45) is 11.8 Å². The zero-order chi connectivity index (χ0) is 18.6. The monoisotopic (exact) mass is 377 g/mol. The van der Waals surface area contributed by atoms with Crippen molar-refractivity contribution in [3.05, 3.63) is 0 Å². The highest BCUT2D eigenvalue weighted by Crippen LogP contribution is 2.33. The summed E-state index contributed by atoms with van der Waals surface area (Å²) in [5.41, 5.74) is 0. The number of nitrogens with zero attached hydrogens (tertiary/aromatic N) is 3. The maximum Gasteiger partial charge on any atom is 0.240 e. The first-order chi connectivity index (χ1) is 13.2. The molecule has 2 saturated carbocycles. The fourth-order valence-corrected chi connectivity index (χ4v) is 5.55. The average molecular weight is 378 g/mol. The summed E-state index contributed by atoms with van der Waals surface area (Å²) < 4.78 is 5.44. The van der Waals surface area contributed by atoms with Gasteiger partial charge in [-0.15, -0.1) is 0 Å². The summed E-state index contributed by atoms with van der Waals surface area (Å²) >= 11 is 0. The van der Waals surface area contributed by atoms with Gasteiger partial charge in [0.1, 0.15) is 0 Å². The molecule has 152 valence electrons. The normalized spacial score (nSPS) is 27.3. The van der Waals surface area contributed by atoms with Crippen LogP contribution >= 0.6 is 0 Å². The summed E-state index contributed by atoms with van der Waals surface area (Å²) in [5, 5.41) is 0. The minimum atomic E-state index is 0.00864. The number of rotatable bonds is 4. The Hall–Kier alpha value is -1.14. The van der Waals surface area contributed by atoms with Crippen LogP contribution in [0, 0.1) is 11.8 Å². The molecule has 6 nitrogen and oxygen atoms in total. The van der Waals surface area contributed by atoms with Crippen LogP contribution in [0.3, 0.4) is 0 Å². The van der Waals surface area contributed by atoms with Crippen LogP contribution in [-0.2, 0) is 14.3 Å². The van der Waals surface area contributed by atoms with Gasteiger partial charge in [0.2, 0.25) is 11.8 Å². The van der Waals surface area contributed by atoms with E-state index < -0.39 is 0 Å². The van der Waals surface area contributed by atoms with Gasteiger partial charge in [0.15, 0.2) is 0 Å². The van der Waals surface area contributed by atoms with Crippen LogP contribution in [0.1, 0.15) is 51.4 Å². The van der Waals surface area contributed by atoms with Gasteiger partial charge in [-0.2, -0.15) is 0 Å². The second kappa shape index (κ2) is 8.91. The van der Waals surface area contributed by atoms with E-state index in [0.717, 1.165) is 52.1 Å². The van der Waals surface area contributed by atoms with Gasteiger partial charge in [-0.3, -0.25) is 14.5 Å². The molecule has 2 saturated heterocycles. The minimum Gasteiger partial charge on any atom is -0.378 e. The van der Waals surface area contributed by atoms with Crippen LogP contribution in [0.4, 0.5) is 0 Å². The quantitative estimate of drug-likeness (QED) is 0.749. The molecule has 0 aromatic rings. The maximum absolute atomic E-state index is 13.4. The molecular formula is C21H35N3O3. The summed E-state index contributed by atoms with van der Waals surface area (Å²) in [6, 6.07) is 0.00864. The Morgan fingerprint density at radius 3 is 1.96 bits per heavy atom. The average Bonchev–Trinajstić information content (AvgIpc) is 3.43. The fourth-order valence-electron chi connectivity index (χ4n) is 5.55. The van der Waals surface area contributed by atoms with Crippen molar-refractivity contribution < 1.29 is 14.3 Å². The second-order valence-electron chi connectivity index (χ2n) is 8.77. The first-order valence-corrected chi connectivity index (χ1v) is 11.1. The highest BCUT2D eigenvalue weighted by Gasteiger charge is 2.40. The molecule has 0 unspecified atom stereocenters. The van der Waals surface area contributed by atoms with E-state index in [1.54, 1.807) is 0 Å². The molecule has 4 rings (SSSR count). The Morgan fingerprint density at radius 1 is 0.741 bits per heavy atom. The van der Waals surface area contributed by atoms with E-state index in [4.69, 9.17) is 4.74 Å². The van der Waals surface area contributed by atoms with Crippen LogP contribution in [-0.4, -0.2) is 85.0 Å². The highest BCUT2D eigenvalue weighted by atomic mass is 16.5. The van der Waals surface area contributed by atoms with Gasteiger partial charge < -0.3 is 14.5 Å². The van der Waals surface area contributed by atoms with Gasteiger partial charge in [-0.1, -0.05) is 25.7 Å². The lowest BCUT2D eigenvalue weighted by Gasteiger charge is -2.43. The van der Waals surface area contributed by atoms with Crippen molar-refractivity contribution in [1.82, 2.24) is 14.7 Å². The minimum absolute atomic E-state index is 0.00864. The first kappa shape index (κ1) is 19.2. The van der Waals surface area contributed by atoms with Crippen molar-refractivity contribution in [1.29, 1.82) is 0 Å². The van der Waals surface area contributed by atoms with E-state index in [0.29, 0.717) is 30.9 Å². The summed E-state index contributed by atoms with van der Waals surface area (Å²) in [5.74, 6) is 1.42. The molecule has 4 aliphatic rings. The fraction of sp³-hybridized carbons (Fsp3) is 0.905. The van der Waals surface area contributed by atoms with Crippen LogP contribution in [0.15, 0.2) is 0 Å². The first-order valence-electron chi connectivity index (χ1n) is 11.1. The van der Waals surface area contributed by atoms with E-state index in [2.05, 4.69) is 9.80 Å². The van der Waals surface area contributed by atoms with E-state index in [-0.39, 0.29) is 12.0 Å². The molecule has 2 aliphatic carbocycles. The van der Waals surface area contributed by atoms with Crippen molar-refractivity contribution in [2.75, 3.05) is 52.5 Å². The maximum atomic E-state index is 13.4. The Morgan fingerprint density at radius 2 is 1.33 bits per heavy atom. The zero-order valence-corrected chi connectivity index (χ0v) is 16.6. The van der Waals surface area contributed by atoms with Crippen LogP contribution in [0.2, 0.25) is 0 Å². The van der Waals surface area contributed by atoms with Gasteiger partial charge in [-0.05, 0) is 31.6 Å². The molecule has 2 amide bonds. The summed E-state index contributed by atoms with van der Waals surface area (Å²) in [6.07, 6.45) is 9.38. The molecule has 1 atom stereocenters. The smallest absolute Gasteiger partial charge is 0.240 e. The third-order valence-corrected chi connectivity index (χ3v) is 7.15. The van der Waals surface area contributed by atoms with Gasteiger partial charge in [0.25, 0.3) is 0 Å². The lowest BCUT2D eigenvalue weighted by molar-refractivity contribution is -0.145. The number of carbonyl (C=O) groups excluding carboxylic acids is 2. The molecule has 2 heterocycles. The van der Waals surface area contributed by atoms with Crippen LogP contribution < -0.4 is 0 Å². The van der Waals surface area contributed by atoms with E-state index in [9.17, 15) is 9.59 Å². The summed E-state index contributed by atoms with van der Waals surface area (Å²) in [7, 11) is 0. The number of hydrogen-bond donors (Lipinski definition) is 0. The third-order valence-electron chi connectivity index (χ3n) is 7.15. The molecule has 27 heavy (non-hydrogen) atoms. The van der Waals surface area contributed by atoms with E-state index in [1.165, 1.54) is 38.5 Å². The van der Waals surface area contributed by atoms with Crippen molar-refractivity contribution >= 4 is 11.8 Å². The molecule has 4 fully saturated rings. The SMILES string of the molecule is O=C(C1CCCC1)N1CCN([C@@H](C(=O)N2CCOCC2)C2CCCC2)CC1. The molecule has 2 aliphatic heterocycles. The molecule has 0 N–H and O–H groups in total. The summed E-state index contributed by atoms with van der Waals surface area (Å²) in [4.78, 5) is 32.6. The van der Waals surface area contributed by atoms with Crippen molar-refractivity contribution in [3.63, 3.8) is 0 Å². The largest absolute Gasteiger partial charge is 0.378 e. The third kappa shape index (κ3) is 4.32. The lowest BCUT2D eigenvalue weighted by Crippen LogP contribution is -2.59. The molecule has 0 aromatic heterocycles. The lowest BCUT2D eigenvalue weighted by atomic mass is 9.94. The predicted octanol–water partition coefficient (Wildman–Crippen LogP) is 1.74. The molecule has 6 heteroatoms. The van der Waals surface area contributed by atoms with Gasteiger partial charge in [0, 0.05) is 45.2 Å². The number of morpholine rings is 1. The molecule has 0 bridgehead atoms. The predicted molar refractivity (Wildman–Crippen MR) is 103 cm³/mol. The number of piperazine rings is 1. The molecule has 0 spiro atoms. The Labute approximate surface area is 163 Å². The van der Waals surface area contributed by atoms with Crippen molar-refractivity contribution in [3.8, 4) is 0 Å². The number of hydrogen-bond acceptors (Lipinski definition) is 4. The van der Waals surface area contributed by atoms with Gasteiger partial charge in [0.05, 0.1) is 19.3 Å². The Bertz CT molecular complexity index is 515. The van der Waals surface area contributed by atoms with E-state index >= 15 is 0 Å². The van der Waals surface area contributed by atoms with Crippen LogP contribution in [0.25, 0.3) is 0 Å². The standard InChI is InChI=1S/C21H35N3O3/c25-20(18-7-3-4-8-18)23-11-9-22(10-12-23)19(17-5-1-2-6-17)21(26)24-13-15-27-16-14-24/h17-19H,1-16H2/t19-/m1/s1. The Balaban J connectivity index is 1.38. The Kier molecular flexibility index (Phi) is 6.33. The second-order valence-corrected chi connectivity index (χ2v) is 8.77. The molecule has 0 aromatic carbocycles. The summed E-state index contributed by atoms with van der Waals surface area (Å²) in [6.45, 7) is 6.03. The zero-order valence-electron chi connectivity index (χ0n) is 16.6. The number of carbonyl (C=O) groups is 2. The van der Waals surface area contributed by atoms with Crippen LogP contribution in [0.5, 0.6) is 0 Å². The molecule has 0 radical (unpaired) electrons. The highest BCUT2D eigenvalue weighted by molar-refractivity contribution is 5.82. The van der Waals surface area contributed by atoms with E-state index in [1.807, 2.05) is 4.90 Å². The molecular weight excluding hydrogens is 342 g/mol. The number of amides is 2. The van der Waals surface area contributed by atoms with Gasteiger partial charge >= 0.3 is 0 Å². The van der Waals surface area contributed by atoms with Crippen molar-refractivity contribution in [2.45, 2.75) is 57.4 Å².